The molecule has 0 fully saturated rings. The van der Waals surface area contributed by atoms with Crippen molar-refractivity contribution < 1.29 is 19.8 Å². The van der Waals surface area contributed by atoms with Crippen LogP contribution in [0.2, 0.25) is 0 Å². The van der Waals surface area contributed by atoms with Crippen molar-refractivity contribution in [2.24, 2.45) is 5.92 Å². The van der Waals surface area contributed by atoms with E-state index < -0.39 is 11.9 Å². The van der Waals surface area contributed by atoms with E-state index in [0.717, 1.165) is 6.08 Å². The minimum Gasteiger partial charge on any atom is -0.478 e. The van der Waals surface area contributed by atoms with Crippen LogP contribution in [0.5, 0.6) is 0 Å². The summed E-state index contributed by atoms with van der Waals surface area (Å²) in [6.07, 6.45) is 1.36. The molecule has 0 radical (unpaired) electrons. The van der Waals surface area contributed by atoms with Crippen LogP contribution in [0.15, 0.2) is 11.6 Å². The predicted octanol–water partition coefficient (Wildman–Crippen LogP) is 1.13. The van der Waals surface area contributed by atoms with Gasteiger partial charge < -0.3 is 10.2 Å². The van der Waals surface area contributed by atoms with Crippen molar-refractivity contribution in [3.05, 3.63) is 11.6 Å². The van der Waals surface area contributed by atoms with Gasteiger partial charge in [0, 0.05) is 11.6 Å². The van der Waals surface area contributed by atoms with E-state index in [4.69, 9.17) is 10.2 Å². The Kier molecular flexibility index (Phi) is 4.04. The Morgan fingerprint density at radius 3 is 2.17 bits per heavy atom. The van der Waals surface area contributed by atoms with Crippen molar-refractivity contribution in [3.63, 3.8) is 0 Å². The highest BCUT2D eigenvalue weighted by atomic mass is 16.4. The number of carboxylic acid groups (broad SMARTS) is 2. The lowest BCUT2D eigenvalue weighted by Crippen LogP contribution is -2.11. The lowest BCUT2D eigenvalue weighted by Gasteiger charge is -2.07. The molecular formula is C8H12O4. The maximum atomic E-state index is 10.5. The molecule has 0 aromatic carbocycles. The van der Waals surface area contributed by atoms with Gasteiger partial charge in [-0.3, -0.25) is 0 Å². The van der Waals surface area contributed by atoms with Crippen LogP contribution < -0.4 is 0 Å². The summed E-state index contributed by atoms with van der Waals surface area (Å²) in [6.45, 7) is 3.49. The van der Waals surface area contributed by atoms with E-state index in [0.29, 0.717) is 6.42 Å². The molecule has 2 N–H and O–H groups in total. The van der Waals surface area contributed by atoms with E-state index in [1.54, 1.807) is 6.92 Å². The van der Waals surface area contributed by atoms with Gasteiger partial charge in [0.05, 0.1) is 0 Å². The Balaban J connectivity index is 4.66. The Hall–Kier alpha value is -1.32. The zero-order chi connectivity index (χ0) is 9.72. The molecule has 0 aromatic heterocycles. The average molecular weight is 172 g/mol. The molecule has 0 saturated carbocycles. The molecule has 12 heavy (non-hydrogen) atoms. The first-order valence-electron chi connectivity index (χ1n) is 3.66. The van der Waals surface area contributed by atoms with Crippen LogP contribution >= 0.6 is 0 Å². The molecular weight excluding hydrogens is 160 g/mol. The first-order valence-corrected chi connectivity index (χ1v) is 3.66. The van der Waals surface area contributed by atoms with Gasteiger partial charge in [-0.2, -0.15) is 0 Å². The summed E-state index contributed by atoms with van der Waals surface area (Å²) >= 11 is 0. The lowest BCUT2D eigenvalue weighted by atomic mass is 9.98. The van der Waals surface area contributed by atoms with Crippen molar-refractivity contribution in [1.29, 1.82) is 0 Å². The van der Waals surface area contributed by atoms with E-state index in [-0.39, 0.29) is 11.5 Å². The number of hydrogen-bond acceptors (Lipinski definition) is 2. The number of carbonyl (C=O) groups is 2. The zero-order valence-electron chi connectivity index (χ0n) is 7.07. The van der Waals surface area contributed by atoms with Crippen molar-refractivity contribution in [2.45, 2.75) is 20.3 Å². The highest BCUT2D eigenvalue weighted by Gasteiger charge is 2.15. The van der Waals surface area contributed by atoms with Crippen LogP contribution in [0.4, 0.5) is 0 Å². The smallest absolute Gasteiger partial charge is 0.332 e. The van der Waals surface area contributed by atoms with Crippen LogP contribution in [0, 0.1) is 5.92 Å². The minimum atomic E-state index is -1.22. The van der Waals surface area contributed by atoms with Crippen LogP contribution in [0.1, 0.15) is 20.3 Å². The Morgan fingerprint density at radius 2 is 1.92 bits per heavy atom. The van der Waals surface area contributed by atoms with Crippen molar-refractivity contribution in [2.75, 3.05) is 0 Å². The molecule has 4 nitrogen and oxygen atoms in total. The van der Waals surface area contributed by atoms with Crippen molar-refractivity contribution in [3.8, 4) is 0 Å². The van der Waals surface area contributed by atoms with Crippen LogP contribution in [0.25, 0.3) is 0 Å². The fraction of sp³-hybridized carbons (Fsp3) is 0.500. The highest BCUT2D eigenvalue weighted by Crippen LogP contribution is 2.13. The van der Waals surface area contributed by atoms with Gasteiger partial charge >= 0.3 is 11.9 Å². The summed E-state index contributed by atoms with van der Waals surface area (Å²) in [7, 11) is 0. The number of carboxylic acids is 2. The maximum Gasteiger partial charge on any atom is 0.332 e. The van der Waals surface area contributed by atoms with Crippen LogP contribution in [0.3, 0.4) is 0 Å². The van der Waals surface area contributed by atoms with Gasteiger partial charge in [-0.25, -0.2) is 9.59 Å². The Morgan fingerprint density at radius 1 is 1.42 bits per heavy atom. The van der Waals surface area contributed by atoms with Crippen molar-refractivity contribution in [1.82, 2.24) is 0 Å². The standard InChI is InChI=1S/C8H12O4/c1-3-5(2)6(8(11)12)4-7(9)10/h4-5H,3H2,1-2H3,(H,9,10)(H,11,12)/b6-4-/t5-/m0/s1. The minimum absolute atomic E-state index is 0.0509. The lowest BCUT2D eigenvalue weighted by molar-refractivity contribution is -0.135. The number of aliphatic carboxylic acids is 2. The highest BCUT2D eigenvalue weighted by molar-refractivity contribution is 5.94. The molecule has 0 aliphatic heterocycles. The van der Waals surface area contributed by atoms with Gasteiger partial charge in [0.15, 0.2) is 0 Å². The number of rotatable bonds is 4. The molecule has 0 aliphatic carbocycles. The second-order valence-corrected chi connectivity index (χ2v) is 2.55. The van der Waals surface area contributed by atoms with Crippen LogP contribution in [-0.4, -0.2) is 22.2 Å². The Labute approximate surface area is 70.5 Å². The molecule has 0 aromatic rings. The molecule has 68 valence electrons. The second-order valence-electron chi connectivity index (χ2n) is 2.55. The number of hydrogen-bond donors (Lipinski definition) is 2. The zero-order valence-corrected chi connectivity index (χ0v) is 7.07. The molecule has 0 amide bonds. The van der Waals surface area contributed by atoms with E-state index in [9.17, 15) is 9.59 Å². The normalized spacial score (nSPS) is 14.0. The van der Waals surface area contributed by atoms with Gasteiger partial charge in [0.25, 0.3) is 0 Å². The third-order valence-electron chi connectivity index (χ3n) is 1.67. The maximum absolute atomic E-state index is 10.5. The largest absolute Gasteiger partial charge is 0.478 e. The second kappa shape index (κ2) is 4.54. The molecule has 0 unspecified atom stereocenters. The first kappa shape index (κ1) is 10.7. The summed E-state index contributed by atoms with van der Waals surface area (Å²) in [5.41, 5.74) is -0.0509. The quantitative estimate of drug-likeness (QED) is 0.623. The van der Waals surface area contributed by atoms with Gasteiger partial charge in [-0.05, 0) is 12.3 Å². The molecule has 1 atom stereocenters. The van der Waals surface area contributed by atoms with E-state index in [1.165, 1.54) is 0 Å². The van der Waals surface area contributed by atoms with E-state index >= 15 is 0 Å². The Bertz CT molecular complexity index is 217. The fourth-order valence-electron chi connectivity index (χ4n) is 0.768. The van der Waals surface area contributed by atoms with E-state index in [1.807, 2.05) is 6.92 Å². The molecule has 0 aliphatic rings. The average Bonchev–Trinajstić information content (AvgIpc) is 1.98. The topological polar surface area (TPSA) is 74.6 Å². The molecule has 0 heterocycles. The van der Waals surface area contributed by atoms with Gasteiger partial charge in [-0.1, -0.05) is 13.8 Å². The third-order valence-corrected chi connectivity index (χ3v) is 1.67. The SMILES string of the molecule is CC[C@H](C)/C(=C/C(=O)O)C(=O)O. The monoisotopic (exact) mass is 172 g/mol. The molecule has 4 heteroatoms. The molecule has 0 rings (SSSR count). The summed E-state index contributed by atoms with van der Waals surface area (Å²) < 4.78 is 0. The van der Waals surface area contributed by atoms with Crippen LogP contribution in [-0.2, 0) is 9.59 Å². The predicted molar refractivity (Wildman–Crippen MR) is 42.8 cm³/mol. The molecule has 0 bridgehead atoms. The van der Waals surface area contributed by atoms with Gasteiger partial charge in [0.2, 0.25) is 0 Å². The fourth-order valence-corrected chi connectivity index (χ4v) is 0.768. The van der Waals surface area contributed by atoms with Crippen molar-refractivity contribution >= 4 is 11.9 Å². The van der Waals surface area contributed by atoms with Gasteiger partial charge in [-0.15, -0.1) is 0 Å². The summed E-state index contributed by atoms with van der Waals surface area (Å²) in [5, 5.41) is 16.9. The molecule has 0 saturated heterocycles. The summed E-state index contributed by atoms with van der Waals surface area (Å²) in [6, 6.07) is 0. The third kappa shape index (κ3) is 3.18. The van der Waals surface area contributed by atoms with Gasteiger partial charge in [0.1, 0.15) is 0 Å². The van der Waals surface area contributed by atoms with E-state index in [2.05, 4.69) is 0 Å². The first-order chi connectivity index (χ1) is 5.49. The summed E-state index contributed by atoms with van der Waals surface area (Å²) in [5.74, 6) is -2.60. The molecule has 0 spiro atoms. The summed E-state index contributed by atoms with van der Waals surface area (Å²) in [4.78, 5) is 20.7.